The SMILES string of the molecule is CCC(F)C(C(F)CCC1CCC(C)CC1)C1CC(F)C(C)C(F)C1. The smallest absolute Gasteiger partial charge is 0.106 e. The average molecular weight is 365 g/mol. The minimum absolute atomic E-state index is 0.105. The maximum absolute atomic E-state index is 15.0. The number of alkyl halides is 4. The zero-order valence-corrected chi connectivity index (χ0v) is 16.1. The second kappa shape index (κ2) is 9.60. The van der Waals surface area contributed by atoms with Crippen LogP contribution in [0.4, 0.5) is 17.6 Å². The molecule has 0 N–H and O–H groups in total. The van der Waals surface area contributed by atoms with Gasteiger partial charge in [-0.1, -0.05) is 46.5 Å². The summed E-state index contributed by atoms with van der Waals surface area (Å²) in [4.78, 5) is 0. The topological polar surface area (TPSA) is 0 Å². The molecule has 5 unspecified atom stereocenters. The summed E-state index contributed by atoms with van der Waals surface area (Å²) in [6.07, 6.45) is 1.03. The van der Waals surface area contributed by atoms with Crippen molar-refractivity contribution < 1.29 is 17.6 Å². The standard InChI is InChI=1S/C21H36F4/c1-4-17(22)21(16-11-19(24)14(3)20(25)12-16)18(23)10-9-15-7-5-13(2)6-8-15/h13-21H,4-12H2,1-3H3. The van der Waals surface area contributed by atoms with Gasteiger partial charge in [-0.25, -0.2) is 17.6 Å². The van der Waals surface area contributed by atoms with E-state index in [1.807, 2.05) is 0 Å². The van der Waals surface area contributed by atoms with Crippen LogP contribution in [-0.4, -0.2) is 24.7 Å². The van der Waals surface area contributed by atoms with Crippen LogP contribution in [0.1, 0.15) is 78.6 Å². The molecular formula is C21H36F4. The van der Waals surface area contributed by atoms with E-state index in [9.17, 15) is 17.6 Å². The monoisotopic (exact) mass is 364 g/mol. The Kier molecular flexibility index (Phi) is 8.07. The van der Waals surface area contributed by atoms with Crippen LogP contribution in [0.15, 0.2) is 0 Å². The summed E-state index contributed by atoms with van der Waals surface area (Å²) in [6.45, 7) is 5.51. The molecule has 2 aliphatic rings. The van der Waals surface area contributed by atoms with Crippen LogP contribution in [0.25, 0.3) is 0 Å². The van der Waals surface area contributed by atoms with Crippen molar-refractivity contribution in [2.45, 2.75) is 103 Å². The molecule has 0 heterocycles. The molecule has 0 aromatic heterocycles. The van der Waals surface area contributed by atoms with Gasteiger partial charge in [0.1, 0.15) is 24.7 Å². The first-order valence-corrected chi connectivity index (χ1v) is 10.4. The Balaban J connectivity index is 1.94. The first-order chi connectivity index (χ1) is 11.8. The third-order valence-corrected chi connectivity index (χ3v) is 6.95. The predicted molar refractivity (Wildman–Crippen MR) is 95.6 cm³/mol. The van der Waals surface area contributed by atoms with Crippen LogP contribution >= 0.6 is 0 Å². The molecule has 0 aromatic carbocycles. The van der Waals surface area contributed by atoms with Crippen molar-refractivity contribution in [3.05, 3.63) is 0 Å². The fourth-order valence-corrected chi connectivity index (χ4v) is 4.94. The highest BCUT2D eigenvalue weighted by atomic mass is 19.2. The van der Waals surface area contributed by atoms with Gasteiger partial charge in [0.2, 0.25) is 0 Å². The van der Waals surface area contributed by atoms with Gasteiger partial charge in [-0.3, -0.25) is 0 Å². The molecule has 0 aliphatic heterocycles. The van der Waals surface area contributed by atoms with Crippen molar-refractivity contribution in [3.8, 4) is 0 Å². The van der Waals surface area contributed by atoms with E-state index in [-0.39, 0.29) is 19.3 Å². The Bertz CT molecular complexity index is 368. The van der Waals surface area contributed by atoms with Gasteiger partial charge in [0.15, 0.2) is 0 Å². The number of hydrogen-bond acceptors (Lipinski definition) is 0. The number of halogens is 4. The first-order valence-electron chi connectivity index (χ1n) is 10.4. The molecule has 148 valence electrons. The largest absolute Gasteiger partial charge is 0.247 e. The van der Waals surface area contributed by atoms with Crippen LogP contribution in [0.5, 0.6) is 0 Å². The second-order valence-corrected chi connectivity index (χ2v) is 8.84. The van der Waals surface area contributed by atoms with E-state index in [1.165, 1.54) is 12.8 Å². The van der Waals surface area contributed by atoms with E-state index >= 15 is 0 Å². The normalized spacial score (nSPS) is 40.4. The highest BCUT2D eigenvalue weighted by molar-refractivity contribution is 4.92. The van der Waals surface area contributed by atoms with E-state index < -0.39 is 42.4 Å². The summed E-state index contributed by atoms with van der Waals surface area (Å²) in [5.74, 6) is -0.732. The van der Waals surface area contributed by atoms with Crippen LogP contribution in [0.3, 0.4) is 0 Å². The molecule has 0 aromatic rings. The number of hydrogen-bond donors (Lipinski definition) is 0. The van der Waals surface area contributed by atoms with Crippen molar-refractivity contribution in [1.82, 2.24) is 0 Å². The van der Waals surface area contributed by atoms with Crippen molar-refractivity contribution in [2.75, 3.05) is 0 Å². The molecule has 2 rings (SSSR count). The fraction of sp³-hybridized carbons (Fsp3) is 1.00. The lowest BCUT2D eigenvalue weighted by Gasteiger charge is -2.39. The lowest BCUT2D eigenvalue weighted by molar-refractivity contribution is -0.0153. The average Bonchev–Trinajstić information content (AvgIpc) is 2.59. The van der Waals surface area contributed by atoms with Crippen LogP contribution in [0.2, 0.25) is 0 Å². The van der Waals surface area contributed by atoms with E-state index in [0.717, 1.165) is 25.2 Å². The molecule has 25 heavy (non-hydrogen) atoms. The van der Waals surface area contributed by atoms with Crippen molar-refractivity contribution in [1.29, 1.82) is 0 Å². The highest BCUT2D eigenvalue weighted by Crippen LogP contribution is 2.42. The molecule has 0 radical (unpaired) electrons. The molecule has 0 bridgehead atoms. The third kappa shape index (κ3) is 5.60. The summed E-state index contributed by atoms with van der Waals surface area (Å²) < 4.78 is 57.7. The first kappa shape index (κ1) is 21.0. The van der Waals surface area contributed by atoms with Gasteiger partial charge in [-0.15, -0.1) is 0 Å². The maximum Gasteiger partial charge on any atom is 0.106 e. The molecule has 0 saturated heterocycles. The summed E-state index contributed by atoms with van der Waals surface area (Å²) in [5, 5.41) is 0. The Hall–Kier alpha value is -0.280. The van der Waals surface area contributed by atoms with Gasteiger partial charge in [-0.2, -0.15) is 0 Å². The molecule has 2 fully saturated rings. The minimum Gasteiger partial charge on any atom is -0.247 e. The molecule has 0 nitrogen and oxygen atoms in total. The second-order valence-electron chi connectivity index (χ2n) is 8.84. The quantitative estimate of drug-likeness (QED) is 0.426. The Morgan fingerprint density at radius 3 is 1.96 bits per heavy atom. The molecule has 5 atom stereocenters. The van der Waals surface area contributed by atoms with Crippen LogP contribution in [-0.2, 0) is 0 Å². The van der Waals surface area contributed by atoms with Gasteiger partial charge in [-0.05, 0) is 49.9 Å². The van der Waals surface area contributed by atoms with Gasteiger partial charge < -0.3 is 0 Å². The summed E-state index contributed by atoms with van der Waals surface area (Å²) in [6, 6.07) is 0. The van der Waals surface area contributed by atoms with Gasteiger partial charge in [0, 0.05) is 11.8 Å². The predicted octanol–water partition coefficient (Wildman–Crippen LogP) is 7.02. The molecular weight excluding hydrogens is 328 g/mol. The molecule has 0 amide bonds. The summed E-state index contributed by atoms with van der Waals surface area (Å²) in [5.41, 5.74) is 0. The van der Waals surface area contributed by atoms with E-state index in [1.54, 1.807) is 13.8 Å². The molecule has 2 saturated carbocycles. The fourth-order valence-electron chi connectivity index (χ4n) is 4.94. The lowest BCUT2D eigenvalue weighted by atomic mass is 9.70. The van der Waals surface area contributed by atoms with Gasteiger partial charge in [0.05, 0.1) is 0 Å². The zero-order chi connectivity index (χ0) is 18.6. The maximum atomic E-state index is 15.0. The highest BCUT2D eigenvalue weighted by Gasteiger charge is 2.44. The Morgan fingerprint density at radius 2 is 1.44 bits per heavy atom. The van der Waals surface area contributed by atoms with Crippen molar-refractivity contribution >= 4 is 0 Å². The van der Waals surface area contributed by atoms with Gasteiger partial charge in [0.25, 0.3) is 0 Å². The van der Waals surface area contributed by atoms with Crippen LogP contribution < -0.4 is 0 Å². The van der Waals surface area contributed by atoms with E-state index in [4.69, 9.17) is 0 Å². The van der Waals surface area contributed by atoms with E-state index in [0.29, 0.717) is 12.3 Å². The van der Waals surface area contributed by atoms with Crippen LogP contribution in [0, 0.1) is 29.6 Å². The van der Waals surface area contributed by atoms with Gasteiger partial charge >= 0.3 is 0 Å². The Morgan fingerprint density at radius 1 is 0.880 bits per heavy atom. The van der Waals surface area contributed by atoms with Crippen molar-refractivity contribution in [2.24, 2.45) is 29.6 Å². The summed E-state index contributed by atoms with van der Waals surface area (Å²) in [7, 11) is 0. The number of rotatable bonds is 7. The summed E-state index contributed by atoms with van der Waals surface area (Å²) >= 11 is 0. The van der Waals surface area contributed by atoms with E-state index in [2.05, 4.69) is 6.92 Å². The molecule has 4 heteroatoms. The zero-order valence-electron chi connectivity index (χ0n) is 16.1. The third-order valence-electron chi connectivity index (χ3n) is 6.95. The molecule has 0 spiro atoms. The Labute approximate surface area is 151 Å². The van der Waals surface area contributed by atoms with Crippen molar-refractivity contribution in [3.63, 3.8) is 0 Å². The lowest BCUT2D eigenvalue weighted by Crippen LogP contribution is -2.42. The molecule has 2 aliphatic carbocycles. The minimum atomic E-state index is -1.31.